The van der Waals surface area contributed by atoms with E-state index in [1.807, 2.05) is 36.4 Å². The highest BCUT2D eigenvalue weighted by Crippen LogP contribution is 2.18. The fourth-order valence-electron chi connectivity index (χ4n) is 1.79. The fourth-order valence-corrected chi connectivity index (χ4v) is 1.79. The van der Waals surface area contributed by atoms with E-state index in [4.69, 9.17) is 5.11 Å². The first-order chi connectivity index (χ1) is 8.36. The first kappa shape index (κ1) is 10.0. The van der Waals surface area contributed by atoms with Gasteiger partial charge in [0.05, 0.1) is 12.3 Å². The van der Waals surface area contributed by atoms with Crippen molar-refractivity contribution in [2.75, 3.05) is 6.61 Å². The highest BCUT2D eigenvalue weighted by Gasteiger charge is 2.07. The molecule has 1 aromatic carbocycles. The number of H-pyrrole nitrogens is 1. The predicted octanol–water partition coefficient (Wildman–Crippen LogP) is 1.26. The Morgan fingerprint density at radius 2 is 2.06 bits per heavy atom. The zero-order valence-corrected chi connectivity index (χ0v) is 9.17. The van der Waals surface area contributed by atoms with Crippen LogP contribution in [0.15, 0.2) is 36.4 Å². The summed E-state index contributed by atoms with van der Waals surface area (Å²) in [7, 11) is 0. The molecule has 0 bridgehead atoms. The molecule has 5 nitrogen and oxygen atoms in total. The Labute approximate surface area is 97.7 Å². The van der Waals surface area contributed by atoms with Crippen LogP contribution < -0.4 is 0 Å². The second-order valence-electron chi connectivity index (χ2n) is 3.81. The smallest absolute Gasteiger partial charge is 0.176 e. The number of benzene rings is 1. The minimum absolute atomic E-state index is 0.0682. The second kappa shape index (κ2) is 4.03. The van der Waals surface area contributed by atoms with Crippen LogP contribution in [-0.4, -0.2) is 31.5 Å². The molecule has 17 heavy (non-hydrogen) atoms. The minimum Gasteiger partial charge on any atom is -0.396 e. The SMILES string of the molecule is OCCc1nc2cc(-c3ccccc3)[nH]n2n1. The molecule has 0 saturated heterocycles. The summed E-state index contributed by atoms with van der Waals surface area (Å²) < 4.78 is 1.63. The van der Waals surface area contributed by atoms with Crippen LogP contribution in [0.4, 0.5) is 0 Å². The topological polar surface area (TPSA) is 66.2 Å². The molecule has 5 heteroatoms. The van der Waals surface area contributed by atoms with Crippen molar-refractivity contribution in [3.63, 3.8) is 0 Å². The molecule has 3 aromatic rings. The molecule has 0 saturated carbocycles. The van der Waals surface area contributed by atoms with E-state index in [2.05, 4.69) is 15.2 Å². The van der Waals surface area contributed by atoms with Gasteiger partial charge in [0.25, 0.3) is 0 Å². The number of aromatic amines is 1. The van der Waals surface area contributed by atoms with Gasteiger partial charge in [-0.05, 0) is 5.56 Å². The minimum atomic E-state index is 0.0682. The lowest BCUT2D eigenvalue weighted by Gasteiger charge is -1.94. The van der Waals surface area contributed by atoms with Gasteiger partial charge in [0.15, 0.2) is 11.5 Å². The van der Waals surface area contributed by atoms with Gasteiger partial charge in [0.2, 0.25) is 0 Å². The standard InChI is InChI=1S/C12H12N4O/c17-7-6-11-13-12-8-10(14-16(12)15-11)9-4-2-1-3-5-9/h1-5,8,14,17H,6-7H2. The summed E-state index contributed by atoms with van der Waals surface area (Å²) in [5.41, 5.74) is 2.85. The number of nitrogens with zero attached hydrogens (tertiary/aromatic N) is 3. The van der Waals surface area contributed by atoms with Crippen LogP contribution >= 0.6 is 0 Å². The molecular weight excluding hydrogens is 216 g/mol. The molecule has 0 atom stereocenters. The Kier molecular flexibility index (Phi) is 2.38. The Morgan fingerprint density at radius 1 is 1.24 bits per heavy atom. The number of aliphatic hydroxyl groups excluding tert-OH is 1. The van der Waals surface area contributed by atoms with Crippen molar-refractivity contribution in [1.29, 1.82) is 0 Å². The molecule has 2 N–H and O–H groups in total. The molecule has 0 unspecified atom stereocenters. The van der Waals surface area contributed by atoms with Gasteiger partial charge < -0.3 is 5.11 Å². The molecular formula is C12H12N4O. The molecule has 3 rings (SSSR count). The summed E-state index contributed by atoms with van der Waals surface area (Å²) in [4.78, 5) is 4.31. The number of aliphatic hydroxyl groups is 1. The van der Waals surface area contributed by atoms with E-state index in [-0.39, 0.29) is 6.61 Å². The molecule has 0 aliphatic heterocycles. The Morgan fingerprint density at radius 3 is 2.76 bits per heavy atom. The van der Waals surface area contributed by atoms with Gasteiger partial charge in [-0.1, -0.05) is 30.3 Å². The zero-order chi connectivity index (χ0) is 11.7. The third kappa shape index (κ3) is 1.81. The van der Waals surface area contributed by atoms with Gasteiger partial charge in [-0.25, -0.2) is 4.98 Å². The van der Waals surface area contributed by atoms with Crippen LogP contribution in [0.1, 0.15) is 5.82 Å². The number of nitrogens with one attached hydrogen (secondary N) is 1. The molecule has 0 aliphatic carbocycles. The van der Waals surface area contributed by atoms with Gasteiger partial charge in [0.1, 0.15) is 0 Å². The first-order valence-electron chi connectivity index (χ1n) is 5.48. The van der Waals surface area contributed by atoms with Crippen LogP contribution in [0.3, 0.4) is 0 Å². The second-order valence-corrected chi connectivity index (χ2v) is 3.81. The van der Waals surface area contributed by atoms with Gasteiger partial charge in [0, 0.05) is 12.5 Å². The normalized spacial score (nSPS) is 11.1. The molecule has 2 aromatic heterocycles. The molecule has 2 heterocycles. The summed E-state index contributed by atoms with van der Waals surface area (Å²) in [5, 5.41) is 16.2. The van der Waals surface area contributed by atoms with Crippen LogP contribution in [0, 0.1) is 0 Å². The predicted molar refractivity (Wildman–Crippen MR) is 63.6 cm³/mol. The van der Waals surface area contributed by atoms with E-state index >= 15 is 0 Å². The summed E-state index contributed by atoms with van der Waals surface area (Å²) in [6, 6.07) is 12.0. The Balaban J connectivity index is 2.01. The lowest BCUT2D eigenvalue weighted by Crippen LogP contribution is -1.95. The van der Waals surface area contributed by atoms with Crippen molar-refractivity contribution in [1.82, 2.24) is 19.8 Å². The Hall–Kier alpha value is -2.14. The molecule has 0 fully saturated rings. The van der Waals surface area contributed by atoms with E-state index in [1.165, 1.54) is 0 Å². The van der Waals surface area contributed by atoms with Crippen molar-refractivity contribution in [3.05, 3.63) is 42.2 Å². The zero-order valence-electron chi connectivity index (χ0n) is 9.17. The highest BCUT2D eigenvalue weighted by atomic mass is 16.3. The number of hydrogen-bond donors (Lipinski definition) is 2. The van der Waals surface area contributed by atoms with Crippen LogP contribution in [0.2, 0.25) is 0 Å². The molecule has 86 valence electrons. The van der Waals surface area contributed by atoms with Crippen molar-refractivity contribution < 1.29 is 5.11 Å². The van der Waals surface area contributed by atoms with Gasteiger partial charge in [-0.15, -0.1) is 5.10 Å². The summed E-state index contributed by atoms with van der Waals surface area (Å²) in [6.45, 7) is 0.0682. The number of hydrogen-bond acceptors (Lipinski definition) is 3. The van der Waals surface area contributed by atoms with Gasteiger partial charge in [-0.3, -0.25) is 5.10 Å². The van der Waals surface area contributed by atoms with Crippen molar-refractivity contribution in [3.8, 4) is 11.3 Å². The van der Waals surface area contributed by atoms with Crippen molar-refractivity contribution >= 4 is 5.65 Å². The molecule has 0 radical (unpaired) electrons. The van der Waals surface area contributed by atoms with E-state index < -0.39 is 0 Å². The summed E-state index contributed by atoms with van der Waals surface area (Å²) >= 11 is 0. The summed E-state index contributed by atoms with van der Waals surface area (Å²) in [6.07, 6.45) is 0.482. The van der Waals surface area contributed by atoms with Gasteiger partial charge in [-0.2, -0.15) is 4.63 Å². The average molecular weight is 228 g/mol. The number of rotatable bonds is 3. The lowest BCUT2D eigenvalue weighted by molar-refractivity contribution is 0.296. The van der Waals surface area contributed by atoms with E-state index in [1.54, 1.807) is 4.63 Å². The first-order valence-corrected chi connectivity index (χ1v) is 5.48. The maximum Gasteiger partial charge on any atom is 0.176 e. The third-order valence-electron chi connectivity index (χ3n) is 2.60. The van der Waals surface area contributed by atoms with E-state index in [0.29, 0.717) is 12.2 Å². The lowest BCUT2D eigenvalue weighted by atomic mass is 10.2. The highest BCUT2D eigenvalue weighted by molar-refractivity contribution is 5.63. The van der Waals surface area contributed by atoms with Gasteiger partial charge >= 0.3 is 0 Å². The number of aromatic nitrogens is 4. The fraction of sp³-hybridized carbons (Fsp3) is 0.167. The van der Waals surface area contributed by atoms with E-state index in [9.17, 15) is 0 Å². The largest absolute Gasteiger partial charge is 0.396 e. The molecule has 0 aliphatic rings. The molecule has 0 spiro atoms. The van der Waals surface area contributed by atoms with Crippen molar-refractivity contribution in [2.45, 2.75) is 6.42 Å². The van der Waals surface area contributed by atoms with Crippen LogP contribution in [0.5, 0.6) is 0 Å². The van der Waals surface area contributed by atoms with E-state index in [0.717, 1.165) is 16.9 Å². The van der Waals surface area contributed by atoms with Crippen LogP contribution in [0.25, 0.3) is 16.9 Å². The number of fused-ring (bicyclic) bond motifs is 1. The monoisotopic (exact) mass is 228 g/mol. The maximum atomic E-state index is 8.82. The maximum absolute atomic E-state index is 8.82. The van der Waals surface area contributed by atoms with Crippen molar-refractivity contribution in [2.24, 2.45) is 0 Å². The third-order valence-corrected chi connectivity index (χ3v) is 2.60. The average Bonchev–Trinajstić information content (AvgIpc) is 2.88. The van der Waals surface area contributed by atoms with Crippen LogP contribution in [-0.2, 0) is 6.42 Å². The molecule has 0 amide bonds. The quantitative estimate of drug-likeness (QED) is 0.709. The Bertz CT molecular complexity index is 595. The summed E-state index contributed by atoms with van der Waals surface area (Å²) in [5.74, 6) is 0.651.